The zero-order valence-corrected chi connectivity index (χ0v) is 13.7. The second-order valence-corrected chi connectivity index (χ2v) is 6.19. The molecule has 0 bridgehead atoms. The van der Waals surface area contributed by atoms with E-state index in [9.17, 15) is 5.11 Å². The zero-order valence-electron chi connectivity index (χ0n) is 12.8. The van der Waals surface area contributed by atoms with E-state index < -0.39 is 0 Å². The third kappa shape index (κ3) is 4.10. The standard InChI is InChI=1S/C13H24N6OS/c1-9(10(8-20)21-3)15-12-16-11(14-2)17-13(18-12)19-6-4-5-7-19/h9-10,20H,4-8H2,1-3H3,(H2,14,15,16,17,18). The first-order valence-corrected chi connectivity index (χ1v) is 8.55. The van der Waals surface area contributed by atoms with E-state index in [1.54, 1.807) is 18.8 Å². The van der Waals surface area contributed by atoms with Crippen LogP contribution in [0.2, 0.25) is 0 Å². The molecule has 2 unspecified atom stereocenters. The lowest BCUT2D eigenvalue weighted by Gasteiger charge is -2.22. The molecule has 1 saturated heterocycles. The van der Waals surface area contributed by atoms with Crippen molar-refractivity contribution < 1.29 is 5.11 Å². The first kappa shape index (κ1) is 16.1. The van der Waals surface area contributed by atoms with Gasteiger partial charge in [-0.25, -0.2) is 0 Å². The van der Waals surface area contributed by atoms with Crippen LogP contribution in [0.3, 0.4) is 0 Å². The van der Waals surface area contributed by atoms with Gasteiger partial charge in [-0.05, 0) is 26.0 Å². The largest absolute Gasteiger partial charge is 0.395 e. The Labute approximate surface area is 130 Å². The Morgan fingerprint density at radius 2 is 1.90 bits per heavy atom. The van der Waals surface area contributed by atoms with E-state index in [1.807, 2.05) is 13.2 Å². The molecule has 21 heavy (non-hydrogen) atoms. The predicted octanol–water partition coefficient (Wildman–Crippen LogP) is 1.04. The molecule has 3 N–H and O–H groups in total. The first-order valence-electron chi connectivity index (χ1n) is 7.27. The van der Waals surface area contributed by atoms with Crippen molar-refractivity contribution in [2.75, 3.05) is 48.5 Å². The van der Waals surface area contributed by atoms with Gasteiger partial charge in [-0.15, -0.1) is 0 Å². The summed E-state index contributed by atoms with van der Waals surface area (Å²) in [7, 11) is 1.80. The van der Waals surface area contributed by atoms with Gasteiger partial charge < -0.3 is 20.6 Å². The molecule has 1 aliphatic rings. The number of rotatable bonds is 7. The number of nitrogens with one attached hydrogen (secondary N) is 2. The van der Waals surface area contributed by atoms with Crippen molar-refractivity contribution >= 4 is 29.6 Å². The van der Waals surface area contributed by atoms with Crippen molar-refractivity contribution in [2.24, 2.45) is 0 Å². The molecule has 1 fully saturated rings. The van der Waals surface area contributed by atoms with E-state index in [2.05, 4.69) is 30.5 Å². The van der Waals surface area contributed by atoms with E-state index in [0.717, 1.165) is 13.1 Å². The molecule has 0 aromatic carbocycles. The summed E-state index contributed by atoms with van der Waals surface area (Å²) in [5, 5.41) is 15.7. The molecule has 1 aliphatic heterocycles. The van der Waals surface area contributed by atoms with Crippen molar-refractivity contribution in [3.05, 3.63) is 0 Å². The van der Waals surface area contributed by atoms with Gasteiger partial charge in [0.2, 0.25) is 17.8 Å². The molecule has 0 amide bonds. The summed E-state index contributed by atoms with van der Waals surface area (Å²) in [6.45, 7) is 4.13. The van der Waals surface area contributed by atoms with E-state index in [0.29, 0.717) is 17.8 Å². The van der Waals surface area contributed by atoms with Crippen LogP contribution in [-0.4, -0.2) is 64.4 Å². The van der Waals surface area contributed by atoms with Crippen molar-refractivity contribution in [2.45, 2.75) is 31.1 Å². The van der Waals surface area contributed by atoms with Crippen LogP contribution in [0.15, 0.2) is 0 Å². The van der Waals surface area contributed by atoms with Crippen LogP contribution in [0.1, 0.15) is 19.8 Å². The van der Waals surface area contributed by atoms with Gasteiger partial charge in [-0.1, -0.05) is 0 Å². The summed E-state index contributed by atoms with van der Waals surface area (Å²) in [5.74, 6) is 1.83. The number of thioether (sulfide) groups is 1. The Hall–Kier alpha value is -1.28. The van der Waals surface area contributed by atoms with E-state index in [-0.39, 0.29) is 17.9 Å². The fourth-order valence-electron chi connectivity index (χ4n) is 2.33. The molecule has 118 valence electrons. The average Bonchev–Trinajstić information content (AvgIpc) is 3.02. The molecular weight excluding hydrogens is 288 g/mol. The second kappa shape index (κ2) is 7.65. The molecule has 0 saturated carbocycles. The smallest absolute Gasteiger partial charge is 0.231 e. The molecule has 8 heteroatoms. The Morgan fingerprint density at radius 1 is 1.24 bits per heavy atom. The fourth-order valence-corrected chi connectivity index (χ4v) is 2.96. The van der Waals surface area contributed by atoms with Crippen LogP contribution >= 0.6 is 11.8 Å². The highest BCUT2D eigenvalue weighted by atomic mass is 32.2. The lowest BCUT2D eigenvalue weighted by Crippen LogP contribution is -2.32. The highest BCUT2D eigenvalue weighted by Gasteiger charge is 2.20. The number of aliphatic hydroxyl groups excluding tert-OH is 1. The maximum absolute atomic E-state index is 9.37. The van der Waals surface area contributed by atoms with Crippen molar-refractivity contribution in [1.82, 2.24) is 15.0 Å². The van der Waals surface area contributed by atoms with Gasteiger partial charge >= 0.3 is 0 Å². The Bertz CT molecular complexity index is 450. The maximum Gasteiger partial charge on any atom is 0.231 e. The second-order valence-electron chi connectivity index (χ2n) is 5.12. The number of anilines is 3. The number of nitrogens with zero attached hydrogens (tertiary/aromatic N) is 4. The van der Waals surface area contributed by atoms with Crippen molar-refractivity contribution in [3.8, 4) is 0 Å². The molecule has 1 aromatic heterocycles. The van der Waals surface area contributed by atoms with Gasteiger partial charge in [-0.3, -0.25) is 0 Å². The average molecular weight is 312 g/mol. The van der Waals surface area contributed by atoms with Crippen LogP contribution < -0.4 is 15.5 Å². The van der Waals surface area contributed by atoms with Crippen LogP contribution in [0.25, 0.3) is 0 Å². The lowest BCUT2D eigenvalue weighted by molar-refractivity contribution is 0.288. The summed E-state index contributed by atoms with van der Waals surface area (Å²) in [5.41, 5.74) is 0. The van der Waals surface area contributed by atoms with Crippen LogP contribution in [0.4, 0.5) is 17.8 Å². The summed E-state index contributed by atoms with van der Waals surface area (Å²) in [6, 6.07) is 0.0727. The molecule has 2 heterocycles. The van der Waals surface area contributed by atoms with Crippen LogP contribution in [0.5, 0.6) is 0 Å². The number of aliphatic hydroxyl groups is 1. The minimum atomic E-state index is 0.0727. The normalized spacial score (nSPS) is 17.6. The number of hydrogen-bond acceptors (Lipinski definition) is 8. The van der Waals surface area contributed by atoms with Gasteiger partial charge in [0.05, 0.1) is 6.61 Å². The summed E-state index contributed by atoms with van der Waals surface area (Å²) in [4.78, 5) is 15.5. The molecule has 2 atom stereocenters. The third-order valence-corrected chi connectivity index (χ3v) is 4.80. The van der Waals surface area contributed by atoms with Gasteiger partial charge in [0.15, 0.2) is 0 Å². The minimum Gasteiger partial charge on any atom is -0.395 e. The van der Waals surface area contributed by atoms with E-state index >= 15 is 0 Å². The SMILES string of the molecule is CNc1nc(NC(C)C(CO)SC)nc(N2CCCC2)n1. The Balaban J connectivity index is 2.16. The summed E-state index contributed by atoms with van der Waals surface area (Å²) in [6.07, 6.45) is 4.35. The monoisotopic (exact) mass is 312 g/mol. The summed E-state index contributed by atoms with van der Waals surface area (Å²) < 4.78 is 0. The summed E-state index contributed by atoms with van der Waals surface area (Å²) >= 11 is 1.63. The molecule has 0 spiro atoms. The van der Waals surface area contributed by atoms with Gasteiger partial charge in [0.1, 0.15) is 0 Å². The quantitative estimate of drug-likeness (QED) is 0.688. The van der Waals surface area contributed by atoms with Crippen LogP contribution in [0, 0.1) is 0 Å². The van der Waals surface area contributed by atoms with E-state index in [4.69, 9.17) is 0 Å². The lowest BCUT2D eigenvalue weighted by atomic mass is 10.2. The van der Waals surface area contributed by atoms with Crippen molar-refractivity contribution in [3.63, 3.8) is 0 Å². The highest BCUT2D eigenvalue weighted by molar-refractivity contribution is 7.99. The maximum atomic E-state index is 9.37. The van der Waals surface area contributed by atoms with Crippen LogP contribution in [-0.2, 0) is 0 Å². The number of aromatic nitrogens is 3. The molecule has 0 radical (unpaired) electrons. The minimum absolute atomic E-state index is 0.0727. The Kier molecular flexibility index (Phi) is 5.86. The highest BCUT2D eigenvalue weighted by Crippen LogP contribution is 2.20. The molecule has 1 aromatic rings. The predicted molar refractivity (Wildman–Crippen MR) is 88.3 cm³/mol. The first-order chi connectivity index (χ1) is 10.2. The molecule has 0 aliphatic carbocycles. The van der Waals surface area contributed by atoms with Gasteiger partial charge in [-0.2, -0.15) is 26.7 Å². The fraction of sp³-hybridized carbons (Fsp3) is 0.769. The van der Waals surface area contributed by atoms with Crippen molar-refractivity contribution in [1.29, 1.82) is 0 Å². The molecule has 7 nitrogen and oxygen atoms in total. The molecule has 2 rings (SSSR count). The van der Waals surface area contributed by atoms with Gasteiger partial charge in [0, 0.05) is 31.4 Å². The van der Waals surface area contributed by atoms with E-state index in [1.165, 1.54) is 12.8 Å². The molecular formula is C13H24N6OS. The topological polar surface area (TPSA) is 86.2 Å². The Morgan fingerprint density at radius 3 is 2.48 bits per heavy atom. The van der Waals surface area contributed by atoms with Gasteiger partial charge in [0.25, 0.3) is 0 Å². The third-order valence-electron chi connectivity index (χ3n) is 3.63. The zero-order chi connectivity index (χ0) is 15.2. The number of hydrogen-bond donors (Lipinski definition) is 3.